The number of nitrogens with one attached hydrogen (secondary N) is 2. The maximum absolute atomic E-state index is 13.3. The molecular formula is C28H45N5O4. The lowest BCUT2D eigenvalue weighted by atomic mass is 9.72. The Kier molecular flexibility index (Phi) is 10.1. The third kappa shape index (κ3) is 8.79. The molecule has 0 aromatic heterocycles. The van der Waals surface area contributed by atoms with Crippen LogP contribution in [0.2, 0.25) is 0 Å². The molecule has 1 aliphatic carbocycles. The second-order valence-corrected chi connectivity index (χ2v) is 11.9. The number of piperidine rings is 1. The molecular weight excluding hydrogens is 470 g/mol. The first-order chi connectivity index (χ1) is 17.4. The largest absolute Gasteiger partial charge is 0.390 e. The summed E-state index contributed by atoms with van der Waals surface area (Å²) in [7, 11) is 0. The van der Waals surface area contributed by atoms with Crippen molar-refractivity contribution in [1.82, 2.24) is 15.5 Å². The van der Waals surface area contributed by atoms with Crippen LogP contribution in [0, 0.1) is 11.8 Å². The van der Waals surface area contributed by atoms with E-state index in [2.05, 4.69) is 15.5 Å². The van der Waals surface area contributed by atoms with Gasteiger partial charge in [-0.2, -0.15) is 0 Å². The standard InChI is InChI=1S/C28H45N5O4/c1-28(2,3)32-27(37)23-14-19-11-7-8-12-20(19)16-33(23)17-24(34)22(13-18-9-5-4-6-10-18)31-26(36)21(29)15-25(30)35/h4-6,9-10,19-24,34H,7-8,11-17,29H2,1-3H3,(H2,30,35)(H,31,36)(H,32,37)/t19-,20+,21-,22-,23-,24+/m0/s1. The van der Waals surface area contributed by atoms with Gasteiger partial charge in [0.15, 0.2) is 0 Å². The maximum atomic E-state index is 13.3. The molecule has 7 N–H and O–H groups in total. The van der Waals surface area contributed by atoms with Crippen LogP contribution in [-0.2, 0) is 20.8 Å². The smallest absolute Gasteiger partial charge is 0.237 e. The number of hydrogen-bond acceptors (Lipinski definition) is 6. The van der Waals surface area contributed by atoms with Crippen molar-refractivity contribution in [2.75, 3.05) is 13.1 Å². The Hall–Kier alpha value is -2.49. The van der Waals surface area contributed by atoms with Crippen molar-refractivity contribution >= 4 is 17.7 Å². The molecule has 1 heterocycles. The van der Waals surface area contributed by atoms with Crippen molar-refractivity contribution in [2.24, 2.45) is 23.3 Å². The molecule has 206 valence electrons. The van der Waals surface area contributed by atoms with Gasteiger partial charge in [0.2, 0.25) is 17.7 Å². The van der Waals surface area contributed by atoms with E-state index >= 15 is 0 Å². The third-order valence-electron chi connectivity index (χ3n) is 7.57. The van der Waals surface area contributed by atoms with Crippen LogP contribution >= 0.6 is 0 Å². The zero-order valence-corrected chi connectivity index (χ0v) is 22.5. The quantitative estimate of drug-likeness (QED) is 0.315. The lowest BCUT2D eigenvalue weighted by Crippen LogP contribution is -2.60. The Morgan fingerprint density at radius 1 is 1.11 bits per heavy atom. The first-order valence-electron chi connectivity index (χ1n) is 13.5. The summed E-state index contributed by atoms with van der Waals surface area (Å²) in [6.07, 6.45) is 4.62. The normalized spacial score (nSPS) is 24.8. The lowest BCUT2D eigenvalue weighted by molar-refractivity contribution is -0.133. The Labute approximate surface area is 220 Å². The van der Waals surface area contributed by atoms with Crippen LogP contribution in [0.15, 0.2) is 30.3 Å². The summed E-state index contributed by atoms with van der Waals surface area (Å²) >= 11 is 0. The number of carbonyl (C=O) groups is 3. The molecule has 0 unspecified atom stereocenters. The number of aliphatic hydroxyl groups excluding tert-OH is 1. The number of β-amino-alcohol motifs (C(OH)–C–C–N with tert-alkyl or cyclic N) is 1. The number of benzene rings is 1. The van der Waals surface area contributed by atoms with Gasteiger partial charge in [0.25, 0.3) is 0 Å². The fourth-order valence-electron chi connectivity index (χ4n) is 5.74. The molecule has 9 nitrogen and oxygen atoms in total. The molecule has 0 radical (unpaired) electrons. The van der Waals surface area contributed by atoms with Crippen molar-refractivity contribution in [2.45, 2.75) is 95.5 Å². The summed E-state index contributed by atoms with van der Waals surface area (Å²) in [4.78, 5) is 39.5. The van der Waals surface area contributed by atoms with E-state index in [4.69, 9.17) is 11.5 Å². The summed E-state index contributed by atoms with van der Waals surface area (Å²) < 4.78 is 0. The van der Waals surface area contributed by atoms with Gasteiger partial charge < -0.3 is 27.2 Å². The number of hydrogen-bond donors (Lipinski definition) is 5. The van der Waals surface area contributed by atoms with E-state index in [0.717, 1.165) is 31.4 Å². The molecule has 1 aromatic rings. The average Bonchev–Trinajstić information content (AvgIpc) is 2.82. The maximum Gasteiger partial charge on any atom is 0.237 e. The summed E-state index contributed by atoms with van der Waals surface area (Å²) in [6.45, 7) is 6.90. The predicted octanol–water partition coefficient (Wildman–Crippen LogP) is 1.07. The van der Waals surface area contributed by atoms with E-state index in [1.807, 2.05) is 51.1 Å². The van der Waals surface area contributed by atoms with Crippen LogP contribution in [0.25, 0.3) is 0 Å². The molecule has 0 spiro atoms. The van der Waals surface area contributed by atoms with Gasteiger partial charge in [-0.05, 0) is 57.4 Å². The Bertz CT molecular complexity index is 919. The summed E-state index contributed by atoms with van der Waals surface area (Å²) in [5.41, 5.74) is 11.7. The number of rotatable bonds is 10. The van der Waals surface area contributed by atoms with Gasteiger partial charge in [0, 0.05) is 18.6 Å². The lowest BCUT2D eigenvalue weighted by Gasteiger charge is -2.47. The second-order valence-electron chi connectivity index (χ2n) is 11.9. The van der Waals surface area contributed by atoms with Gasteiger partial charge in [0.05, 0.1) is 30.7 Å². The molecule has 1 saturated carbocycles. The van der Waals surface area contributed by atoms with Crippen molar-refractivity contribution in [3.63, 3.8) is 0 Å². The van der Waals surface area contributed by atoms with Gasteiger partial charge in [-0.1, -0.05) is 49.6 Å². The number of amides is 3. The molecule has 6 atom stereocenters. The molecule has 3 rings (SSSR count). The van der Waals surface area contributed by atoms with Crippen molar-refractivity contribution in [3.8, 4) is 0 Å². The third-order valence-corrected chi connectivity index (χ3v) is 7.57. The summed E-state index contributed by atoms with van der Waals surface area (Å²) in [5.74, 6) is -0.191. The number of nitrogens with zero attached hydrogens (tertiary/aromatic N) is 1. The number of primary amides is 1. The van der Waals surface area contributed by atoms with E-state index in [-0.39, 0.29) is 30.5 Å². The van der Waals surface area contributed by atoms with Crippen LogP contribution in [0.1, 0.15) is 64.9 Å². The van der Waals surface area contributed by atoms with Gasteiger partial charge in [-0.3, -0.25) is 19.3 Å². The number of aliphatic hydroxyl groups is 1. The highest BCUT2D eigenvalue weighted by molar-refractivity contribution is 5.87. The zero-order valence-electron chi connectivity index (χ0n) is 22.5. The molecule has 1 saturated heterocycles. The highest BCUT2D eigenvalue weighted by Crippen LogP contribution is 2.39. The van der Waals surface area contributed by atoms with E-state index in [9.17, 15) is 19.5 Å². The number of likely N-dealkylation sites (tertiary alicyclic amines) is 1. The van der Waals surface area contributed by atoms with Gasteiger partial charge >= 0.3 is 0 Å². The zero-order chi connectivity index (χ0) is 27.2. The fourth-order valence-corrected chi connectivity index (χ4v) is 5.74. The topological polar surface area (TPSA) is 151 Å². The van der Waals surface area contributed by atoms with Crippen molar-refractivity contribution in [1.29, 1.82) is 0 Å². The van der Waals surface area contributed by atoms with Crippen LogP contribution in [-0.4, -0.2) is 70.6 Å². The number of carbonyl (C=O) groups excluding carboxylic acids is 3. The van der Waals surface area contributed by atoms with Crippen LogP contribution < -0.4 is 22.1 Å². The molecule has 9 heteroatoms. The van der Waals surface area contributed by atoms with Gasteiger partial charge in [0.1, 0.15) is 0 Å². The van der Waals surface area contributed by atoms with E-state index < -0.39 is 30.0 Å². The SMILES string of the molecule is CC(C)(C)NC(=O)[C@@H]1C[C@@H]2CCCC[C@@H]2CN1C[C@@H](O)[C@H](Cc1ccccc1)NC(=O)[C@@H](N)CC(N)=O. The molecule has 1 aliphatic heterocycles. The van der Waals surface area contributed by atoms with Crippen molar-refractivity contribution in [3.05, 3.63) is 35.9 Å². The minimum Gasteiger partial charge on any atom is -0.390 e. The second kappa shape index (κ2) is 12.8. The molecule has 0 bridgehead atoms. The molecule has 2 aliphatic rings. The van der Waals surface area contributed by atoms with Gasteiger partial charge in [-0.25, -0.2) is 0 Å². The van der Waals surface area contributed by atoms with E-state index in [1.165, 1.54) is 12.8 Å². The van der Waals surface area contributed by atoms with Crippen LogP contribution in [0.4, 0.5) is 0 Å². The summed E-state index contributed by atoms with van der Waals surface area (Å²) in [5, 5.41) is 17.4. The van der Waals surface area contributed by atoms with Crippen molar-refractivity contribution < 1.29 is 19.5 Å². The highest BCUT2D eigenvalue weighted by Gasteiger charge is 2.41. The first-order valence-corrected chi connectivity index (χ1v) is 13.5. The van der Waals surface area contributed by atoms with Crippen LogP contribution in [0.3, 0.4) is 0 Å². The summed E-state index contributed by atoms with van der Waals surface area (Å²) in [6, 6.07) is 7.50. The Morgan fingerprint density at radius 2 is 1.76 bits per heavy atom. The Balaban J connectivity index is 1.78. The molecule has 2 fully saturated rings. The molecule has 1 aromatic carbocycles. The Morgan fingerprint density at radius 3 is 2.38 bits per heavy atom. The molecule has 3 amide bonds. The molecule has 37 heavy (non-hydrogen) atoms. The van der Waals surface area contributed by atoms with Gasteiger partial charge in [-0.15, -0.1) is 0 Å². The highest BCUT2D eigenvalue weighted by atomic mass is 16.3. The monoisotopic (exact) mass is 515 g/mol. The number of nitrogens with two attached hydrogens (primary N) is 2. The minimum absolute atomic E-state index is 0.0177. The fraction of sp³-hybridized carbons (Fsp3) is 0.679. The predicted molar refractivity (Wildman–Crippen MR) is 143 cm³/mol. The minimum atomic E-state index is -1.09. The first kappa shape index (κ1) is 29.1. The van der Waals surface area contributed by atoms with E-state index in [1.54, 1.807) is 0 Å². The van der Waals surface area contributed by atoms with Crippen LogP contribution in [0.5, 0.6) is 0 Å². The number of fused-ring (bicyclic) bond motifs is 1. The average molecular weight is 516 g/mol. The van der Waals surface area contributed by atoms with E-state index in [0.29, 0.717) is 18.3 Å².